The Morgan fingerprint density at radius 3 is 2.33 bits per heavy atom. The van der Waals surface area contributed by atoms with E-state index < -0.39 is 0 Å². The molecule has 0 N–H and O–H groups in total. The lowest BCUT2D eigenvalue weighted by Crippen LogP contribution is -2.55. The van der Waals surface area contributed by atoms with E-state index in [1.54, 1.807) is 0 Å². The molecule has 2 saturated heterocycles. The van der Waals surface area contributed by atoms with Crippen LogP contribution in [-0.2, 0) is 14.3 Å². The number of carbonyl (C=O) groups excluding carboxylic acids is 2. The highest BCUT2D eigenvalue weighted by Crippen LogP contribution is 2.28. The van der Waals surface area contributed by atoms with Crippen LogP contribution in [0.15, 0.2) is 0 Å². The average Bonchev–Trinajstić information content (AvgIpc) is 2.67. The molecule has 1 saturated carbocycles. The Kier molecular flexibility index (Phi) is 6.52. The average molecular weight is 336 g/mol. The van der Waals surface area contributed by atoms with E-state index in [9.17, 15) is 9.59 Å². The highest BCUT2D eigenvalue weighted by Gasteiger charge is 2.35. The lowest BCUT2D eigenvalue weighted by molar-refractivity contribution is -0.150. The van der Waals surface area contributed by atoms with Gasteiger partial charge in [-0.1, -0.05) is 32.1 Å². The molecular weight excluding hydrogens is 304 g/mol. The third kappa shape index (κ3) is 4.50. The predicted molar refractivity (Wildman–Crippen MR) is 92.6 cm³/mol. The van der Waals surface area contributed by atoms with Gasteiger partial charge in [-0.25, -0.2) is 0 Å². The first-order valence-corrected chi connectivity index (χ1v) is 9.91. The second kappa shape index (κ2) is 8.84. The number of hydrogen-bond acceptors (Lipinski definition) is 3. The smallest absolute Gasteiger partial charge is 0.245 e. The van der Waals surface area contributed by atoms with Gasteiger partial charge in [-0.05, 0) is 31.6 Å². The van der Waals surface area contributed by atoms with Crippen LogP contribution in [0.5, 0.6) is 0 Å². The Morgan fingerprint density at radius 1 is 0.875 bits per heavy atom. The predicted octanol–water partition coefficient (Wildman–Crippen LogP) is 2.59. The molecular formula is C19H32N2O3. The number of rotatable bonds is 4. The van der Waals surface area contributed by atoms with Gasteiger partial charge < -0.3 is 14.5 Å². The van der Waals surface area contributed by atoms with Crippen LogP contribution < -0.4 is 0 Å². The normalized spacial score (nSPS) is 26.4. The number of nitrogens with zero attached hydrogens (tertiary/aromatic N) is 2. The summed E-state index contributed by atoms with van der Waals surface area (Å²) in [5.74, 6) is 1.07. The van der Waals surface area contributed by atoms with E-state index in [1.165, 1.54) is 32.1 Å². The summed E-state index contributed by atoms with van der Waals surface area (Å²) < 4.78 is 5.34. The van der Waals surface area contributed by atoms with Gasteiger partial charge in [0.15, 0.2) is 0 Å². The summed E-state index contributed by atoms with van der Waals surface area (Å²) in [6.07, 6.45) is 11.1. The van der Waals surface area contributed by atoms with E-state index in [-0.39, 0.29) is 17.9 Å². The van der Waals surface area contributed by atoms with Gasteiger partial charge in [0.2, 0.25) is 11.8 Å². The molecule has 0 aromatic rings. The third-order valence-electron chi connectivity index (χ3n) is 5.92. The van der Waals surface area contributed by atoms with Crippen molar-refractivity contribution < 1.29 is 14.3 Å². The largest absolute Gasteiger partial charge is 0.378 e. The second-order valence-corrected chi connectivity index (χ2v) is 7.58. The van der Waals surface area contributed by atoms with Crippen LogP contribution in [0.4, 0.5) is 0 Å². The summed E-state index contributed by atoms with van der Waals surface area (Å²) in [6, 6.07) is -0.226. The van der Waals surface area contributed by atoms with Crippen molar-refractivity contribution >= 4 is 11.8 Å². The minimum atomic E-state index is -0.226. The minimum absolute atomic E-state index is 0.143. The zero-order chi connectivity index (χ0) is 16.8. The maximum Gasteiger partial charge on any atom is 0.245 e. The Labute approximate surface area is 145 Å². The topological polar surface area (TPSA) is 49.9 Å². The van der Waals surface area contributed by atoms with E-state index in [1.807, 2.05) is 9.80 Å². The van der Waals surface area contributed by atoms with Crippen LogP contribution in [-0.4, -0.2) is 60.5 Å². The number of piperidine rings is 1. The molecule has 0 spiro atoms. The molecule has 1 atom stereocenters. The van der Waals surface area contributed by atoms with Gasteiger partial charge >= 0.3 is 0 Å². The maximum atomic E-state index is 12.9. The highest BCUT2D eigenvalue weighted by molar-refractivity contribution is 5.88. The molecule has 0 unspecified atom stereocenters. The second-order valence-electron chi connectivity index (χ2n) is 7.58. The van der Waals surface area contributed by atoms with Gasteiger partial charge in [-0.3, -0.25) is 9.59 Å². The van der Waals surface area contributed by atoms with Crippen LogP contribution in [0.2, 0.25) is 0 Å². The summed E-state index contributed by atoms with van der Waals surface area (Å²) in [5, 5.41) is 0. The maximum absolute atomic E-state index is 12.9. The molecule has 136 valence electrons. The fraction of sp³-hybridized carbons (Fsp3) is 0.895. The van der Waals surface area contributed by atoms with E-state index >= 15 is 0 Å². The zero-order valence-corrected chi connectivity index (χ0v) is 14.9. The molecule has 2 amide bonds. The lowest BCUT2D eigenvalue weighted by atomic mass is 9.86. The van der Waals surface area contributed by atoms with Crippen molar-refractivity contribution in [3.05, 3.63) is 0 Å². The number of amides is 2. The molecule has 0 aromatic carbocycles. The Bertz CT molecular complexity index is 428. The van der Waals surface area contributed by atoms with E-state index in [2.05, 4.69) is 0 Å². The van der Waals surface area contributed by atoms with Crippen molar-refractivity contribution in [1.82, 2.24) is 9.80 Å². The van der Waals surface area contributed by atoms with Crippen molar-refractivity contribution in [2.75, 3.05) is 32.8 Å². The van der Waals surface area contributed by atoms with Crippen molar-refractivity contribution in [1.29, 1.82) is 0 Å². The number of likely N-dealkylation sites (tertiary alicyclic amines) is 1. The molecule has 3 rings (SSSR count). The molecule has 24 heavy (non-hydrogen) atoms. The highest BCUT2D eigenvalue weighted by atomic mass is 16.5. The molecule has 2 heterocycles. The number of hydrogen-bond donors (Lipinski definition) is 0. The minimum Gasteiger partial charge on any atom is -0.378 e. The third-order valence-corrected chi connectivity index (χ3v) is 5.92. The molecule has 5 nitrogen and oxygen atoms in total. The first-order chi connectivity index (χ1) is 11.8. The van der Waals surface area contributed by atoms with E-state index in [0.717, 1.165) is 38.1 Å². The first-order valence-electron chi connectivity index (χ1n) is 9.91. The summed E-state index contributed by atoms with van der Waals surface area (Å²) in [5.41, 5.74) is 0. The molecule has 5 heteroatoms. The Morgan fingerprint density at radius 2 is 1.58 bits per heavy atom. The van der Waals surface area contributed by atoms with Crippen LogP contribution in [0, 0.1) is 5.92 Å². The van der Waals surface area contributed by atoms with Crippen molar-refractivity contribution in [3.8, 4) is 0 Å². The van der Waals surface area contributed by atoms with Crippen molar-refractivity contribution in [2.45, 2.75) is 70.3 Å². The quantitative estimate of drug-likeness (QED) is 0.793. The summed E-state index contributed by atoms with van der Waals surface area (Å²) in [7, 11) is 0. The number of ether oxygens (including phenoxy) is 1. The zero-order valence-electron chi connectivity index (χ0n) is 14.9. The van der Waals surface area contributed by atoms with Crippen molar-refractivity contribution in [2.24, 2.45) is 5.92 Å². The van der Waals surface area contributed by atoms with E-state index in [4.69, 9.17) is 4.74 Å². The molecule has 2 aliphatic heterocycles. The van der Waals surface area contributed by atoms with Gasteiger partial charge in [0.05, 0.1) is 13.2 Å². The fourth-order valence-electron chi connectivity index (χ4n) is 4.43. The van der Waals surface area contributed by atoms with Gasteiger partial charge in [0.1, 0.15) is 6.04 Å². The fourth-order valence-corrected chi connectivity index (χ4v) is 4.43. The van der Waals surface area contributed by atoms with Gasteiger partial charge in [-0.15, -0.1) is 0 Å². The first kappa shape index (κ1) is 17.7. The molecule has 0 bridgehead atoms. The Hall–Kier alpha value is -1.10. The summed E-state index contributed by atoms with van der Waals surface area (Å²) in [6.45, 7) is 3.32. The molecule has 3 aliphatic rings. The van der Waals surface area contributed by atoms with Crippen LogP contribution >= 0.6 is 0 Å². The molecule has 3 fully saturated rings. The standard InChI is InChI=1S/C19H32N2O3/c22-18(10-9-16-6-2-1-3-7-16)21-11-5-4-8-17(21)19(23)20-12-14-24-15-13-20/h16-17H,1-15H2/t17-/m0/s1. The van der Waals surface area contributed by atoms with Crippen LogP contribution in [0.3, 0.4) is 0 Å². The molecule has 0 radical (unpaired) electrons. The summed E-state index contributed by atoms with van der Waals surface area (Å²) in [4.78, 5) is 29.4. The Balaban J connectivity index is 1.54. The van der Waals surface area contributed by atoms with Gasteiger partial charge in [0.25, 0.3) is 0 Å². The SMILES string of the molecule is O=C([C@@H]1CCCCN1C(=O)CCC1CCCCC1)N1CCOCC1. The van der Waals surface area contributed by atoms with Crippen LogP contribution in [0.25, 0.3) is 0 Å². The van der Waals surface area contributed by atoms with E-state index in [0.29, 0.717) is 32.7 Å². The summed E-state index contributed by atoms with van der Waals surface area (Å²) >= 11 is 0. The van der Waals surface area contributed by atoms with Gasteiger partial charge in [0, 0.05) is 26.1 Å². The van der Waals surface area contributed by atoms with Crippen molar-refractivity contribution in [3.63, 3.8) is 0 Å². The monoisotopic (exact) mass is 336 g/mol. The molecule has 0 aromatic heterocycles. The van der Waals surface area contributed by atoms with Gasteiger partial charge in [-0.2, -0.15) is 0 Å². The molecule has 1 aliphatic carbocycles. The lowest BCUT2D eigenvalue weighted by Gasteiger charge is -2.39. The van der Waals surface area contributed by atoms with Crippen LogP contribution in [0.1, 0.15) is 64.2 Å². The number of morpholine rings is 1. The number of carbonyl (C=O) groups is 2.